The maximum atomic E-state index is 12.5. The fourth-order valence-electron chi connectivity index (χ4n) is 2.49. The van der Waals surface area contributed by atoms with Gasteiger partial charge in [-0.1, -0.05) is 18.6 Å². The van der Waals surface area contributed by atoms with Crippen molar-refractivity contribution >= 4 is 5.91 Å². The van der Waals surface area contributed by atoms with Crippen molar-refractivity contribution in [2.75, 3.05) is 6.54 Å². The van der Waals surface area contributed by atoms with Crippen LogP contribution in [0.15, 0.2) is 36.9 Å². The summed E-state index contributed by atoms with van der Waals surface area (Å²) in [5.41, 5.74) is 2.47. The second kappa shape index (κ2) is 7.22. The molecule has 1 aromatic heterocycles. The van der Waals surface area contributed by atoms with E-state index in [0.717, 1.165) is 11.3 Å². The summed E-state index contributed by atoms with van der Waals surface area (Å²) >= 11 is 0. The number of aryl methyl sites for hydroxylation is 1. The van der Waals surface area contributed by atoms with Gasteiger partial charge in [-0.3, -0.25) is 4.79 Å². The van der Waals surface area contributed by atoms with Crippen LogP contribution in [0.2, 0.25) is 0 Å². The molecule has 0 aliphatic heterocycles. The van der Waals surface area contributed by atoms with Crippen LogP contribution in [-0.4, -0.2) is 33.2 Å². The molecule has 0 aliphatic rings. The Kier molecular flexibility index (Phi) is 5.33. The second-order valence-corrected chi connectivity index (χ2v) is 5.89. The number of imidazole rings is 1. The molecule has 0 saturated heterocycles. The van der Waals surface area contributed by atoms with E-state index < -0.39 is 0 Å². The zero-order valence-corrected chi connectivity index (χ0v) is 13.3. The Hall–Kier alpha value is -2.14. The van der Waals surface area contributed by atoms with Gasteiger partial charge < -0.3 is 15.0 Å². The Morgan fingerprint density at radius 2 is 2.18 bits per heavy atom. The van der Waals surface area contributed by atoms with E-state index in [0.29, 0.717) is 18.5 Å². The van der Waals surface area contributed by atoms with Crippen molar-refractivity contribution in [2.45, 2.75) is 33.3 Å². The summed E-state index contributed by atoms with van der Waals surface area (Å²) in [4.78, 5) is 16.5. The lowest BCUT2D eigenvalue weighted by Gasteiger charge is -2.16. The molecular formula is C17H23N3O2. The maximum absolute atomic E-state index is 12.5. The number of nitrogens with zero attached hydrogens (tertiary/aromatic N) is 2. The lowest BCUT2D eigenvalue weighted by Crippen LogP contribution is -2.30. The molecule has 1 amide bonds. The number of hydrogen-bond donors (Lipinski definition) is 2. The first-order chi connectivity index (χ1) is 10.5. The summed E-state index contributed by atoms with van der Waals surface area (Å²) in [5, 5.41) is 12.3. The van der Waals surface area contributed by atoms with Gasteiger partial charge in [-0.15, -0.1) is 0 Å². The van der Waals surface area contributed by atoms with Crippen LogP contribution in [0.25, 0.3) is 5.69 Å². The largest absolute Gasteiger partial charge is 0.393 e. The summed E-state index contributed by atoms with van der Waals surface area (Å²) in [5.74, 6) is 0.121. The van der Waals surface area contributed by atoms with Crippen LogP contribution in [0.4, 0.5) is 0 Å². The Balaban J connectivity index is 2.14. The van der Waals surface area contributed by atoms with E-state index >= 15 is 0 Å². The van der Waals surface area contributed by atoms with Crippen LogP contribution < -0.4 is 5.32 Å². The first-order valence-electron chi connectivity index (χ1n) is 7.52. The average Bonchev–Trinajstić information content (AvgIpc) is 2.98. The van der Waals surface area contributed by atoms with Gasteiger partial charge >= 0.3 is 0 Å². The van der Waals surface area contributed by atoms with Gasteiger partial charge in [0.25, 0.3) is 5.91 Å². The molecule has 1 aromatic carbocycles. The summed E-state index contributed by atoms with van der Waals surface area (Å²) < 4.78 is 1.83. The molecule has 0 spiro atoms. The Bertz CT molecular complexity index is 621. The summed E-state index contributed by atoms with van der Waals surface area (Å²) in [7, 11) is 0. The third-order valence-electron chi connectivity index (χ3n) is 3.53. The summed E-state index contributed by atoms with van der Waals surface area (Å²) in [6.45, 7) is 6.28. The smallest absolute Gasteiger partial charge is 0.253 e. The quantitative estimate of drug-likeness (QED) is 0.860. The van der Waals surface area contributed by atoms with Gasteiger partial charge in [0.2, 0.25) is 0 Å². The molecule has 0 fully saturated rings. The van der Waals surface area contributed by atoms with Crippen molar-refractivity contribution in [1.82, 2.24) is 14.9 Å². The van der Waals surface area contributed by atoms with Gasteiger partial charge in [0.05, 0.1) is 23.7 Å². The van der Waals surface area contributed by atoms with Crippen LogP contribution in [0.1, 0.15) is 36.2 Å². The maximum Gasteiger partial charge on any atom is 0.253 e. The zero-order valence-electron chi connectivity index (χ0n) is 13.3. The molecule has 2 atom stereocenters. The first kappa shape index (κ1) is 16.2. The zero-order chi connectivity index (χ0) is 16.1. The standard InChI is InChI=1S/C17H23N3O2/c1-12-4-5-16(20-7-6-18-11-20)15(9-12)17(22)19-10-13(2)8-14(3)21/h4-7,9,11,13-14,21H,8,10H2,1-3H3,(H,19,22). The van der Waals surface area contributed by atoms with Crippen molar-refractivity contribution in [3.05, 3.63) is 48.0 Å². The van der Waals surface area contributed by atoms with Crippen LogP contribution in [0.3, 0.4) is 0 Å². The van der Waals surface area contributed by atoms with Crippen LogP contribution in [-0.2, 0) is 0 Å². The number of rotatable bonds is 6. The van der Waals surface area contributed by atoms with Gasteiger partial charge in [-0.25, -0.2) is 4.98 Å². The number of aliphatic hydroxyl groups is 1. The summed E-state index contributed by atoms with van der Waals surface area (Å²) in [6.07, 6.45) is 5.50. The first-order valence-corrected chi connectivity index (χ1v) is 7.52. The van der Waals surface area contributed by atoms with E-state index in [4.69, 9.17) is 0 Å². The topological polar surface area (TPSA) is 67.2 Å². The van der Waals surface area contributed by atoms with Crippen molar-refractivity contribution in [1.29, 1.82) is 0 Å². The lowest BCUT2D eigenvalue weighted by molar-refractivity contribution is 0.0939. The van der Waals surface area contributed by atoms with E-state index in [-0.39, 0.29) is 17.9 Å². The van der Waals surface area contributed by atoms with Crippen molar-refractivity contribution < 1.29 is 9.90 Å². The number of benzene rings is 1. The van der Waals surface area contributed by atoms with Crippen LogP contribution in [0.5, 0.6) is 0 Å². The number of aromatic nitrogens is 2. The Morgan fingerprint density at radius 1 is 1.41 bits per heavy atom. The SMILES string of the molecule is Cc1ccc(-n2ccnc2)c(C(=O)NCC(C)CC(C)O)c1. The average molecular weight is 301 g/mol. The summed E-state index contributed by atoms with van der Waals surface area (Å²) in [6, 6.07) is 5.78. The molecule has 2 rings (SSSR count). The van der Waals surface area contributed by atoms with Gasteiger partial charge in [-0.2, -0.15) is 0 Å². The van der Waals surface area contributed by atoms with Crippen molar-refractivity contribution in [2.24, 2.45) is 5.92 Å². The third kappa shape index (κ3) is 4.18. The minimum atomic E-state index is -0.354. The van der Waals surface area contributed by atoms with E-state index in [1.165, 1.54) is 0 Å². The number of nitrogens with one attached hydrogen (secondary N) is 1. The molecule has 0 saturated carbocycles. The molecule has 118 valence electrons. The Morgan fingerprint density at radius 3 is 2.82 bits per heavy atom. The molecule has 2 N–H and O–H groups in total. The minimum Gasteiger partial charge on any atom is -0.393 e. The predicted octanol–water partition coefficient (Wildman–Crippen LogP) is 2.32. The van der Waals surface area contributed by atoms with Gasteiger partial charge in [0, 0.05) is 18.9 Å². The molecule has 5 heteroatoms. The molecule has 0 bridgehead atoms. The van der Waals surface area contributed by atoms with E-state index in [1.807, 2.05) is 42.8 Å². The van der Waals surface area contributed by atoms with Gasteiger partial charge in [0.1, 0.15) is 0 Å². The fourth-order valence-corrected chi connectivity index (χ4v) is 2.49. The number of aliphatic hydroxyl groups excluding tert-OH is 1. The monoisotopic (exact) mass is 301 g/mol. The van der Waals surface area contributed by atoms with E-state index in [2.05, 4.69) is 10.3 Å². The van der Waals surface area contributed by atoms with E-state index in [9.17, 15) is 9.90 Å². The van der Waals surface area contributed by atoms with Crippen molar-refractivity contribution in [3.8, 4) is 5.69 Å². The molecular weight excluding hydrogens is 278 g/mol. The Labute approximate surface area is 131 Å². The molecule has 0 aliphatic carbocycles. The van der Waals surface area contributed by atoms with Gasteiger partial charge in [-0.05, 0) is 38.3 Å². The number of amides is 1. The predicted molar refractivity (Wildman–Crippen MR) is 86.1 cm³/mol. The number of carbonyl (C=O) groups is 1. The fraction of sp³-hybridized carbons (Fsp3) is 0.412. The van der Waals surface area contributed by atoms with Crippen LogP contribution >= 0.6 is 0 Å². The molecule has 2 aromatic rings. The highest BCUT2D eigenvalue weighted by atomic mass is 16.3. The lowest BCUT2D eigenvalue weighted by atomic mass is 10.0. The molecule has 22 heavy (non-hydrogen) atoms. The molecule has 1 heterocycles. The second-order valence-electron chi connectivity index (χ2n) is 5.89. The number of hydrogen-bond acceptors (Lipinski definition) is 3. The highest BCUT2D eigenvalue weighted by Crippen LogP contribution is 2.16. The highest BCUT2D eigenvalue weighted by Gasteiger charge is 2.14. The molecule has 2 unspecified atom stereocenters. The molecule has 0 radical (unpaired) electrons. The van der Waals surface area contributed by atoms with Gasteiger partial charge in [0.15, 0.2) is 0 Å². The van der Waals surface area contributed by atoms with Crippen LogP contribution in [0, 0.1) is 12.8 Å². The van der Waals surface area contributed by atoms with Crippen molar-refractivity contribution in [3.63, 3.8) is 0 Å². The van der Waals surface area contributed by atoms with E-state index in [1.54, 1.807) is 19.4 Å². The normalized spacial score (nSPS) is 13.6. The molecule has 5 nitrogen and oxygen atoms in total. The third-order valence-corrected chi connectivity index (χ3v) is 3.53. The minimum absolute atomic E-state index is 0.107. The highest BCUT2D eigenvalue weighted by molar-refractivity contribution is 5.98. The number of carbonyl (C=O) groups excluding carboxylic acids is 1.